The maximum atomic E-state index is 12.9. The van der Waals surface area contributed by atoms with Gasteiger partial charge in [0.15, 0.2) is 4.90 Å². The van der Waals surface area contributed by atoms with Gasteiger partial charge in [0.25, 0.3) is 5.69 Å². The molecule has 1 aliphatic rings. The number of rotatable bonds is 8. The molecule has 3 rings (SSSR count). The molecule has 0 radical (unpaired) electrons. The van der Waals surface area contributed by atoms with Gasteiger partial charge in [0.05, 0.1) is 16.5 Å². The van der Waals surface area contributed by atoms with Gasteiger partial charge >= 0.3 is 0 Å². The highest BCUT2D eigenvalue weighted by molar-refractivity contribution is 7.89. The van der Waals surface area contributed by atoms with Gasteiger partial charge in [-0.15, -0.1) is 0 Å². The number of hydrogen-bond donors (Lipinski definition) is 1. The molecule has 1 fully saturated rings. The predicted octanol–water partition coefficient (Wildman–Crippen LogP) is 1.44. The Labute approximate surface area is 208 Å². The fourth-order valence-corrected chi connectivity index (χ4v) is 6.45. The second-order valence-corrected chi connectivity index (χ2v) is 12.3. The molecule has 1 N–H and O–H groups in total. The Morgan fingerprint density at radius 1 is 1.06 bits per heavy atom. The SMILES string of the molecule is CN(C)S(=O)(=O)c1cc(NC(=O)CN2CCN(S(=O)(=O)c3ccccc3[N+](=O)[O-])CC2)ccc1Cl. The monoisotopic (exact) mass is 545 g/mol. The van der Waals surface area contributed by atoms with Crippen molar-refractivity contribution in [1.82, 2.24) is 13.5 Å². The number of nitro groups is 1. The topological polar surface area (TPSA) is 150 Å². The maximum absolute atomic E-state index is 12.9. The van der Waals surface area contributed by atoms with Gasteiger partial charge in [-0.25, -0.2) is 21.1 Å². The number of nitrogens with one attached hydrogen (secondary N) is 1. The Bertz CT molecular complexity index is 1340. The van der Waals surface area contributed by atoms with Crippen LogP contribution < -0.4 is 5.32 Å². The average molecular weight is 546 g/mol. The van der Waals surface area contributed by atoms with Crippen LogP contribution in [0.15, 0.2) is 52.3 Å². The highest BCUT2D eigenvalue weighted by Gasteiger charge is 2.33. The number of piperazine rings is 1. The maximum Gasteiger partial charge on any atom is 0.289 e. The van der Waals surface area contributed by atoms with E-state index in [4.69, 9.17) is 11.6 Å². The van der Waals surface area contributed by atoms with Crippen molar-refractivity contribution in [2.45, 2.75) is 9.79 Å². The zero-order chi connectivity index (χ0) is 26.0. The first kappa shape index (κ1) is 27.0. The third-order valence-electron chi connectivity index (χ3n) is 5.35. The van der Waals surface area contributed by atoms with Crippen LogP contribution in [0.3, 0.4) is 0 Å². The Morgan fingerprint density at radius 2 is 1.69 bits per heavy atom. The summed E-state index contributed by atoms with van der Waals surface area (Å²) in [5.74, 6) is -0.421. The Kier molecular flexibility index (Phi) is 8.14. The van der Waals surface area contributed by atoms with E-state index < -0.39 is 36.6 Å². The quantitative estimate of drug-likeness (QED) is 0.386. The highest BCUT2D eigenvalue weighted by Crippen LogP contribution is 2.28. The van der Waals surface area contributed by atoms with Crippen molar-refractivity contribution in [1.29, 1.82) is 0 Å². The van der Waals surface area contributed by atoms with Crippen LogP contribution in [0.25, 0.3) is 0 Å². The molecule has 190 valence electrons. The van der Waals surface area contributed by atoms with Crippen LogP contribution in [0.4, 0.5) is 11.4 Å². The van der Waals surface area contributed by atoms with Crippen molar-refractivity contribution in [2.24, 2.45) is 0 Å². The minimum atomic E-state index is -4.08. The molecule has 35 heavy (non-hydrogen) atoms. The number of carbonyl (C=O) groups excluding carboxylic acids is 1. The highest BCUT2D eigenvalue weighted by atomic mass is 35.5. The van der Waals surface area contributed by atoms with E-state index in [1.54, 1.807) is 4.90 Å². The first-order chi connectivity index (χ1) is 16.3. The third kappa shape index (κ3) is 5.97. The van der Waals surface area contributed by atoms with Gasteiger partial charge in [-0.3, -0.25) is 19.8 Å². The number of anilines is 1. The third-order valence-corrected chi connectivity index (χ3v) is 9.59. The van der Waals surface area contributed by atoms with Gasteiger partial charge in [-0.05, 0) is 24.3 Å². The van der Waals surface area contributed by atoms with Gasteiger partial charge in [0.2, 0.25) is 26.0 Å². The number of hydrogen-bond acceptors (Lipinski definition) is 8. The molecule has 1 aliphatic heterocycles. The molecule has 0 saturated carbocycles. The van der Waals surface area contributed by atoms with E-state index in [9.17, 15) is 31.7 Å². The van der Waals surface area contributed by atoms with Crippen LogP contribution in [0.1, 0.15) is 0 Å². The number of carbonyl (C=O) groups is 1. The van der Waals surface area contributed by atoms with Crippen LogP contribution in [0, 0.1) is 10.1 Å². The Balaban J connectivity index is 1.63. The molecule has 0 atom stereocenters. The van der Waals surface area contributed by atoms with Crippen molar-refractivity contribution >= 4 is 48.9 Å². The van der Waals surface area contributed by atoms with E-state index in [2.05, 4.69) is 5.32 Å². The first-order valence-electron chi connectivity index (χ1n) is 10.3. The van der Waals surface area contributed by atoms with Crippen LogP contribution in [0.5, 0.6) is 0 Å². The standard InChI is InChI=1S/C20H24ClN5O7S2/c1-23(2)34(30,31)19-13-15(7-8-16(19)21)22-20(27)14-24-9-11-25(12-10-24)35(32,33)18-6-4-3-5-17(18)26(28)29/h3-8,13H,9-12,14H2,1-2H3,(H,22,27). The fourth-order valence-electron chi connectivity index (χ4n) is 3.47. The first-order valence-corrected chi connectivity index (χ1v) is 13.6. The molecule has 2 aromatic rings. The molecule has 0 aliphatic carbocycles. The summed E-state index contributed by atoms with van der Waals surface area (Å²) in [5.41, 5.74) is -0.245. The van der Waals surface area contributed by atoms with E-state index in [1.165, 1.54) is 50.5 Å². The largest absolute Gasteiger partial charge is 0.325 e. The minimum absolute atomic E-state index is 0.0210. The number of benzene rings is 2. The summed E-state index contributed by atoms with van der Waals surface area (Å²) >= 11 is 6.02. The molecule has 0 spiro atoms. The lowest BCUT2D eigenvalue weighted by Crippen LogP contribution is -2.50. The van der Waals surface area contributed by atoms with Crippen molar-refractivity contribution in [2.75, 3.05) is 52.1 Å². The molecule has 0 aromatic heterocycles. The van der Waals surface area contributed by atoms with E-state index in [-0.39, 0.29) is 53.2 Å². The Morgan fingerprint density at radius 3 is 2.29 bits per heavy atom. The van der Waals surface area contributed by atoms with Crippen molar-refractivity contribution in [3.05, 3.63) is 57.6 Å². The molecular formula is C20H24ClN5O7S2. The lowest BCUT2D eigenvalue weighted by molar-refractivity contribution is -0.387. The number of halogens is 1. The van der Waals surface area contributed by atoms with E-state index in [0.717, 1.165) is 14.7 Å². The van der Waals surface area contributed by atoms with E-state index in [1.807, 2.05) is 0 Å². The number of para-hydroxylation sites is 1. The van der Waals surface area contributed by atoms with Crippen LogP contribution in [0.2, 0.25) is 5.02 Å². The summed E-state index contributed by atoms with van der Waals surface area (Å²) in [6.07, 6.45) is 0. The number of sulfonamides is 2. The number of nitrogens with zero attached hydrogens (tertiary/aromatic N) is 4. The summed E-state index contributed by atoms with van der Waals surface area (Å²) < 4.78 is 52.8. The van der Waals surface area contributed by atoms with Crippen molar-refractivity contribution in [3.8, 4) is 0 Å². The number of amides is 1. The second-order valence-electron chi connectivity index (χ2n) is 7.89. The van der Waals surface area contributed by atoms with E-state index in [0.29, 0.717) is 0 Å². The fraction of sp³-hybridized carbons (Fsp3) is 0.350. The lowest BCUT2D eigenvalue weighted by Gasteiger charge is -2.33. The van der Waals surface area contributed by atoms with E-state index >= 15 is 0 Å². The van der Waals surface area contributed by atoms with Crippen molar-refractivity contribution in [3.63, 3.8) is 0 Å². The number of nitro benzene ring substituents is 1. The van der Waals surface area contributed by atoms with Gasteiger partial charge in [0.1, 0.15) is 4.90 Å². The normalized spacial score (nSPS) is 15.8. The molecule has 12 nitrogen and oxygen atoms in total. The molecule has 2 aromatic carbocycles. The average Bonchev–Trinajstić information content (AvgIpc) is 2.80. The van der Waals surface area contributed by atoms with Gasteiger partial charge in [0, 0.05) is 52.0 Å². The zero-order valence-corrected chi connectivity index (χ0v) is 21.3. The summed E-state index contributed by atoms with van der Waals surface area (Å²) in [4.78, 5) is 24.2. The van der Waals surface area contributed by atoms with Crippen LogP contribution in [-0.2, 0) is 24.8 Å². The molecular weight excluding hydrogens is 522 g/mol. The van der Waals surface area contributed by atoms with Gasteiger partial charge in [-0.2, -0.15) is 4.31 Å². The second kappa shape index (κ2) is 10.6. The smallest absolute Gasteiger partial charge is 0.289 e. The zero-order valence-electron chi connectivity index (χ0n) is 18.9. The van der Waals surface area contributed by atoms with Crippen LogP contribution in [-0.4, -0.2) is 88.0 Å². The summed E-state index contributed by atoms with van der Waals surface area (Å²) in [7, 11) is -5.15. The molecule has 0 unspecified atom stereocenters. The summed E-state index contributed by atoms with van der Waals surface area (Å²) in [6.45, 7) is 0.502. The molecule has 1 heterocycles. The predicted molar refractivity (Wildman–Crippen MR) is 129 cm³/mol. The molecule has 1 amide bonds. The molecule has 15 heteroatoms. The van der Waals surface area contributed by atoms with Crippen LogP contribution >= 0.6 is 11.6 Å². The summed E-state index contributed by atoms with van der Waals surface area (Å²) in [5, 5.41) is 13.9. The van der Waals surface area contributed by atoms with Gasteiger partial charge < -0.3 is 5.32 Å². The molecule has 1 saturated heterocycles. The van der Waals surface area contributed by atoms with Gasteiger partial charge in [-0.1, -0.05) is 23.7 Å². The Hall–Kier alpha value is -2.62. The van der Waals surface area contributed by atoms with Crippen molar-refractivity contribution < 1.29 is 26.6 Å². The molecule has 0 bridgehead atoms. The lowest BCUT2D eigenvalue weighted by atomic mass is 10.3. The summed E-state index contributed by atoms with van der Waals surface area (Å²) in [6, 6.07) is 9.28. The minimum Gasteiger partial charge on any atom is -0.325 e.